The molecule has 0 aromatic carbocycles. The number of hydrogen-bond acceptors (Lipinski definition) is 5. The zero-order chi connectivity index (χ0) is 18.4. The van der Waals surface area contributed by atoms with Gasteiger partial charge in [-0.2, -0.15) is 5.10 Å². The lowest BCUT2D eigenvalue weighted by Crippen LogP contribution is -2.45. The minimum atomic E-state index is -0.254. The van der Waals surface area contributed by atoms with E-state index in [1.54, 1.807) is 30.3 Å². The minimum absolute atomic E-state index is 0.0420. The Morgan fingerprint density at radius 2 is 2.04 bits per heavy atom. The fourth-order valence-electron chi connectivity index (χ4n) is 3.29. The first-order valence-electron chi connectivity index (χ1n) is 8.75. The highest BCUT2D eigenvalue weighted by Gasteiger charge is 2.37. The molecule has 0 spiro atoms. The summed E-state index contributed by atoms with van der Waals surface area (Å²) in [5.74, 6) is -0.361. The van der Waals surface area contributed by atoms with Gasteiger partial charge >= 0.3 is 0 Å². The summed E-state index contributed by atoms with van der Waals surface area (Å²) in [4.78, 5) is 30.8. The van der Waals surface area contributed by atoms with Gasteiger partial charge in [-0.3, -0.25) is 24.2 Å². The van der Waals surface area contributed by atoms with Crippen molar-refractivity contribution in [2.75, 3.05) is 20.1 Å². The lowest BCUT2D eigenvalue weighted by atomic mass is 10.0. The van der Waals surface area contributed by atoms with Crippen molar-refractivity contribution in [3.63, 3.8) is 0 Å². The van der Waals surface area contributed by atoms with E-state index in [0.29, 0.717) is 26.1 Å². The molecule has 2 aromatic rings. The third kappa shape index (κ3) is 4.66. The molecular formula is C18H24N6O2. The molecule has 8 heteroatoms. The predicted molar refractivity (Wildman–Crippen MR) is 95.8 cm³/mol. The summed E-state index contributed by atoms with van der Waals surface area (Å²) in [7, 11) is 1.63. The first kappa shape index (κ1) is 18.1. The third-order valence-electron chi connectivity index (χ3n) is 4.61. The molecule has 2 N–H and O–H groups in total. The van der Waals surface area contributed by atoms with Gasteiger partial charge in [-0.05, 0) is 23.8 Å². The molecule has 1 fully saturated rings. The fourth-order valence-corrected chi connectivity index (χ4v) is 3.29. The van der Waals surface area contributed by atoms with Gasteiger partial charge < -0.3 is 10.6 Å². The zero-order valence-corrected chi connectivity index (χ0v) is 14.8. The molecule has 0 bridgehead atoms. The molecule has 1 aliphatic rings. The van der Waals surface area contributed by atoms with Crippen LogP contribution in [0.1, 0.15) is 12.0 Å². The first-order valence-corrected chi connectivity index (χ1v) is 8.75. The van der Waals surface area contributed by atoms with Crippen LogP contribution in [0, 0.1) is 5.92 Å². The van der Waals surface area contributed by atoms with Gasteiger partial charge in [-0.25, -0.2) is 0 Å². The van der Waals surface area contributed by atoms with Crippen LogP contribution in [0.2, 0.25) is 0 Å². The molecule has 1 aliphatic heterocycles. The van der Waals surface area contributed by atoms with E-state index in [-0.39, 0.29) is 23.8 Å². The van der Waals surface area contributed by atoms with E-state index in [4.69, 9.17) is 0 Å². The highest BCUT2D eigenvalue weighted by Crippen LogP contribution is 2.20. The van der Waals surface area contributed by atoms with Crippen molar-refractivity contribution in [2.45, 2.75) is 25.6 Å². The van der Waals surface area contributed by atoms with Gasteiger partial charge in [0, 0.05) is 64.4 Å². The van der Waals surface area contributed by atoms with E-state index in [1.165, 1.54) is 0 Å². The normalized spacial score (nSPS) is 20.0. The van der Waals surface area contributed by atoms with Gasteiger partial charge in [0.25, 0.3) is 0 Å². The monoisotopic (exact) mass is 356 g/mol. The number of hydrogen-bond donors (Lipinski definition) is 2. The van der Waals surface area contributed by atoms with Crippen LogP contribution in [0.3, 0.4) is 0 Å². The van der Waals surface area contributed by atoms with Crippen LogP contribution in [0.4, 0.5) is 0 Å². The van der Waals surface area contributed by atoms with Crippen molar-refractivity contribution in [2.24, 2.45) is 5.92 Å². The molecule has 0 unspecified atom stereocenters. The Labute approximate surface area is 152 Å². The smallest absolute Gasteiger partial charge is 0.226 e. The lowest BCUT2D eigenvalue weighted by molar-refractivity contribution is -0.126. The van der Waals surface area contributed by atoms with Crippen LogP contribution in [-0.4, -0.2) is 57.7 Å². The highest BCUT2D eigenvalue weighted by molar-refractivity contribution is 5.82. The summed E-state index contributed by atoms with van der Waals surface area (Å²) in [5.41, 5.74) is 1.14. The van der Waals surface area contributed by atoms with Crippen molar-refractivity contribution in [1.29, 1.82) is 0 Å². The maximum atomic E-state index is 12.3. The van der Waals surface area contributed by atoms with Crippen molar-refractivity contribution in [3.8, 4) is 0 Å². The number of aromatic nitrogens is 3. The molecule has 0 saturated carbocycles. The van der Waals surface area contributed by atoms with Crippen LogP contribution in [0.25, 0.3) is 0 Å². The van der Waals surface area contributed by atoms with Gasteiger partial charge in [-0.15, -0.1) is 0 Å². The number of carbonyl (C=O) groups is 2. The van der Waals surface area contributed by atoms with Crippen LogP contribution >= 0.6 is 0 Å². The zero-order valence-electron chi connectivity index (χ0n) is 14.8. The Kier molecular flexibility index (Phi) is 5.96. The number of rotatable bonds is 7. The first-order chi connectivity index (χ1) is 12.7. The van der Waals surface area contributed by atoms with Crippen molar-refractivity contribution < 1.29 is 9.59 Å². The van der Waals surface area contributed by atoms with Crippen molar-refractivity contribution in [3.05, 3.63) is 48.5 Å². The number of pyridine rings is 1. The summed E-state index contributed by atoms with van der Waals surface area (Å²) >= 11 is 0. The molecule has 138 valence electrons. The highest BCUT2D eigenvalue weighted by atomic mass is 16.2. The molecule has 0 radical (unpaired) electrons. The largest absolute Gasteiger partial charge is 0.359 e. The van der Waals surface area contributed by atoms with Crippen molar-refractivity contribution >= 4 is 11.8 Å². The number of nitrogens with one attached hydrogen (secondary N) is 2. The summed E-state index contributed by atoms with van der Waals surface area (Å²) in [6.45, 7) is 2.52. The molecule has 2 aromatic heterocycles. The number of aryl methyl sites for hydroxylation is 1. The number of amides is 2. The van der Waals surface area contributed by atoms with E-state index in [9.17, 15) is 9.59 Å². The molecule has 3 heterocycles. The van der Waals surface area contributed by atoms with E-state index in [2.05, 4.69) is 25.6 Å². The Balaban J connectivity index is 1.57. The second-order valence-corrected chi connectivity index (χ2v) is 6.46. The molecule has 2 atom stereocenters. The maximum Gasteiger partial charge on any atom is 0.226 e. The summed E-state index contributed by atoms with van der Waals surface area (Å²) in [6.07, 6.45) is 7.37. The van der Waals surface area contributed by atoms with Gasteiger partial charge in [0.1, 0.15) is 0 Å². The molecular weight excluding hydrogens is 332 g/mol. The lowest BCUT2D eigenvalue weighted by Gasteiger charge is -2.18. The number of likely N-dealkylation sites (tertiary alicyclic amines) is 1. The summed E-state index contributed by atoms with van der Waals surface area (Å²) < 4.78 is 1.72. The second kappa shape index (κ2) is 8.57. The minimum Gasteiger partial charge on any atom is -0.359 e. The van der Waals surface area contributed by atoms with Crippen LogP contribution in [0.15, 0.2) is 43.0 Å². The number of nitrogens with zero attached hydrogens (tertiary/aromatic N) is 4. The molecule has 8 nitrogen and oxygen atoms in total. The van der Waals surface area contributed by atoms with Gasteiger partial charge in [0.15, 0.2) is 0 Å². The maximum absolute atomic E-state index is 12.3. The standard InChI is InChI=1S/C18H24N6O2/c1-19-18(26)15-12-23(11-14-3-7-20-8-4-14)13-16(15)22-17(25)5-10-24-9-2-6-21-24/h2-4,6-9,15-16H,5,10-13H2,1H3,(H,19,26)(H,22,25)/t15-,16-/m0/s1. The average molecular weight is 356 g/mol. The molecule has 26 heavy (non-hydrogen) atoms. The molecule has 3 rings (SSSR count). The molecule has 1 saturated heterocycles. The second-order valence-electron chi connectivity index (χ2n) is 6.46. The van der Waals surface area contributed by atoms with Gasteiger partial charge in [-0.1, -0.05) is 0 Å². The van der Waals surface area contributed by atoms with E-state index >= 15 is 0 Å². The van der Waals surface area contributed by atoms with Crippen LogP contribution < -0.4 is 10.6 Å². The predicted octanol–water partition coefficient (Wildman–Crippen LogP) is 0.0310. The van der Waals surface area contributed by atoms with E-state index in [1.807, 2.05) is 24.4 Å². The quantitative estimate of drug-likeness (QED) is 0.730. The Morgan fingerprint density at radius 1 is 1.23 bits per heavy atom. The van der Waals surface area contributed by atoms with Gasteiger partial charge in [0.2, 0.25) is 11.8 Å². The Hall–Kier alpha value is -2.74. The molecule has 0 aliphatic carbocycles. The van der Waals surface area contributed by atoms with E-state index in [0.717, 1.165) is 12.1 Å². The van der Waals surface area contributed by atoms with E-state index < -0.39 is 0 Å². The fraction of sp³-hybridized carbons (Fsp3) is 0.444. The average Bonchev–Trinajstić information content (AvgIpc) is 3.30. The summed E-state index contributed by atoms with van der Waals surface area (Å²) in [6, 6.07) is 5.56. The molecule has 2 amide bonds. The topological polar surface area (TPSA) is 92.2 Å². The third-order valence-corrected chi connectivity index (χ3v) is 4.61. The number of carbonyl (C=O) groups excluding carboxylic acids is 2. The van der Waals surface area contributed by atoms with Crippen LogP contribution in [0.5, 0.6) is 0 Å². The Morgan fingerprint density at radius 3 is 2.73 bits per heavy atom. The van der Waals surface area contributed by atoms with Crippen molar-refractivity contribution in [1.82, 2.24) is 30.3 Å². The van der Waals surface area contributed by atoms with Crippen LogP contribution in [-0.2, 0) is 22.7 Å². The summed E-state index contributed by atoms with van der Waals surface area (Å²) in [5, 5.41) is 9.83. The Bertz CT molecular complexity index is 719. The van der Waals surface area contributed by atoms with Gasteiger partial charge in [0.05, 0.1) is 12.0 Å². The SMILES string of the molecule is CNC(=O)[C@H]1CN(Cc2ccncc2)C[C@@H]1NC(=O)CCn1cccn1.